The summed E-state index contributed by atoms with van der Waals surface area (Å²) in [4.78, 5) is 35.3. The normalized spacial score (nSPS) is 10.0. The molecular formula is C20H23N3O4. The quantitative estimate of drug-likeness (QED) is 0.622. The monoisotopic (exact) mass is 369 g/mol. The van der Waals surface area contributed by atoms with E-state index in [-0.39, 0.29) is 24.3 Å². The van der Waals surface area contributed by atoms with E-state index in [1.165, 1.54) is 6.92 Å². The molecule has 0 aliphatic heterocycles. The maximum atomic E-state index is 12.1. The van der Waals surface area contributed by atoms with Crippen molar-refractivity contribution < 1.29 is 19.1 Å². The highest BCUT2D eigenvalue weighted by Crippen LogP contribution is 2.12. The Morgan fingerprint density at radius 1 is 0.889 bits per heavy atom. The van der Waals surface area contributed by atoms with Gasteiger partial charge < -0.3 is 20.7 Å². The molecule has 0 fully saturated rings. The van der Waals surface area contributed by atoms with Gasteiger partial charge >= 0.3 is 0 Å². The molecule has 0 heterocycles. The molecule has 0 unspecified atom stereocenters. The fraction of sp³-hybridized carbons (Fsp3) is 0.250. The summed E-state index contributed by atoms with van der Waals surface area (Å²) in [6.45, 7) is 4.44. The van der Waals surface area contributed by atoms with Gasteiger partial charge in [-0.25, -0.2) is 0 Å². The van der Waals surface area contributed by atoms with Crippen molar-refractivity contribution in [3.8, 4) is 5.75 Å². The van der Waals surface area contributed by atoms with Crippen LogP contribution in [-0.4, -0.2) is 37.4 Å². The van der Waals surface area contributed by atoms with Crippen LogP contribution in [0.2, 0.25) is 0 Å². The summed E-state index contributed by atoms with van der Waals surface area (Å²) < 4.78 is 5.33. The molecule has 0 aliphatic carbocycles. The first-order chi connectivity index (χ1) is 13.0. The minimum atomic E-state index is -0.280. The molecule has 7 heteroatoms. The third-order valence-electron chi connectivity index (χ3n) is 3.57. The van der Waals surface area contributed by atoms with Crippen LogP contribution in [0.4, 0.5) is 5.69 Å². The van der Waals surface area contributed by atoms with Gasteiger partial charge in [0, 0.05) is 36.8 Å². The molecule has 3 N–H and O–H groups in total. The van der Waals surface area contributed by atoms with Crippen molar-refractivity contribution >= 4 is 23.4 Å². The third-order valence-corrected chi connectivity index (χ3v) is 3.57. The van der Waals surface area contributed by atoms with Crippen LogP contribution < -0.4 is 20.7 Å². The Labute approximate surface area is 158 Å². The number of rotatable bonds is 8. The summed E-state index contributed by atoms with van der Waals surface area (Å²) in [5.41, 5.74) is 1.51. The van der Waals surface area contributed by atoms with Gasteiger partial charge in [-0.2, -0.15) is 0 Å². The highest BCUT2D eigenvalue weighted by Gasteiger charge is 2.08. The van der Waals surface area contributed by atoms with E-state index in [2.05, 4.69) is 16.0 Å². The van der Waals surface area contributed by atoms with E-state index in [9.17, 15) is 14.4 Å². The standard InChI is InChI=1S/C20H23N3O4/c1-3-27-18-9-7-15(8-10-18)19(25)21-11-12-22-20(26)16-5-4-6-17(13-16)23-14(2)24/h4-10,13H,3,11-12H2,1-2H3,(H,21,25)(H,22,26)(H,23,24). The Balaban J connectivity index is 1.78. The van der Waals surface area contributed by atoms with E-state index < -0.39 is 0 Å². The lowest BCUT2D eigenvalue weighted by Crippen LogP contribution is -2.34. The van der Waals surface area contributed by atoms with Gasteiger partial charge in [-0.1, -0.05) is 6.07 Å². The van der Waals surface area contributed by atoms with Gasteiger partial charge in [-0.15, -0.1) is 0 Å². The zero-order valence-electron chi connectivity index (χ0n) is 15.4. The highest BCUT2D eigenvalue weighted by atomic mass is 16.5. The number of hydrogen-bond acceptors (Lipinski definition) is 4. The third kappa shape index (κ3) is 6.47. The highest BCUT2D eigenvalue weighted by molar-refractivity contribution is 5.97. The number of carbonyl (C=O) groups excluding carboxylic acids is 3. The van der Waals surface area contributed by atoms with Gasteiger partial charge in [0.25, 0.3) is 11.8 Å². The predicted molar refractivity (Wildman–Crippen MR) is 103 cm³/mol. The maximum absolute atomic E-state index is 12.1. The molecule has 0 atom stereocenters. The number of ether oxygens (including phenoxy) is 1. The summed E-state index contributed by atoms with van der Waals surface area (Å²) in [6, 6.07) is 13.5. The first-order valence-electron chi connectivity index (χ1n) is 8.66. The molecule has 2 rings (SSSR count). The van der Waals surface area contributed by atoms with E-state index in [1.54, 1.807) is 48.5 Å². The second kappa shape index (κ2) is 9.96. The topological polar surface area (TPSA) is 96.5 Å². The van der Waals surface area contributed by atoms with Gasteiger partial charge in [0.2, 0.25) is 5.91 Å². The lowest BCUT2D eigenvalue weighted by atomic mass is 10.2. The molecule has 0 saturated heterocycles. The SMILES string of the molecule is CCOc1ccc(C(=O)NCCNC(=O)c2cccc(NC(C)=O)c2)cc1. The zero-order chi connectivity index (χ0) is 19.6. The van der Waals surface area contributed by atoms with Crippen LogP contribution in [0.5, 0.6) is 5.75 Å². The maximum Gasteiger partial charge on any atom is 0.251 e. The summed E-state index contributed by atoms with van der Waals surface area (Å²) in [7, 11) is 0. The first-order valence-corrected chi connectivity index (χ1v) is 8.66. The van der Waals surface area contributed by atoms with Crippen LogP contribution in [0.25, 0.3) is 0 Å². The first kappa shape index (κ1) is 20.0. The van der Waals surface area contributed by atoms with Crippen LogP contribution in [0.3, 0.4) is 0 Å². The Morgan fingerprint density at radius 2 is 1.52 bits per heavy atom. The van der Waals surface area contributed by atoms with Gasteiger partial charge in [-0.3, -0.25) is 14.4 Å². The largest absolute Gasteiger partial charge is 0.494 e. The number of hydrogen-bond donors (Lipinski definition) is 3. The van der Waals surface area contributed by atoms with Crippen LogP contribution in [-0.2, 0) is 4.79 Å². The van der Waals surface area contributed by atoms with E-state index in [0.29, 0.717) is 35.7 Å². The molecule has 0 saturated carbocycles. The molecule has 7 nitrogen and oxygen atoms in total. The Morgan fingerprint density at radius 3 is 2.11 bits per heavy atom. The second-order valence-electron chi connectivity index (χ2n) is 5.73. The molecule has 0 spiro atoms. The van der Waals surface area contributed by atoms with Crippen molar-refractivity contribution in [2.45, 2.75) is 13.8 Å². The van der Waals surface area contributed by atoms with Crippen molar-refractivity contribution in [3.05, 3.63) is 59.7 Å². The van der Waals surface area contributed by atoms with Crippen molar-refractivity contribution in [1.29, 1.82) is 0 Å². The Kier molecular flexibility index (Phi) is 7.37. The molecule has 0 bridgehead atoms. The molecule has 2 aromatic carbocycles. The predicted octanol–water partition coefficient (Wildman–Crippen LogP) is 2.20. The Hall–Kier alpha value is -3.35. The van der Waals surface area contributed by atoms with E-state index >= 15 is 0 Å². The molecule has 0 radical (unpaired) electrons. The second-order valence-corrected chi connectivity index (χ2v) is 5.73. The van der Waals surface area contributed by atoms with E-state index in [4.69, 9.17) is 4.74 Å². The van der Waals surface area contributed by atoms with Crippen LogP contribution in [0.15, 0.2) is 48.5 Å². The lowest BCUT2D eigenvalue weighted by molar-refractivity contribution is -0.114. The number of amides is 3. The lowest BCUT2D eigenvalue weighted by Gasteiger charge is -2.09. The van der Waals surface area contributed by atoms with Crippen molar-refractivity contribution in [2.24, 2.45) is 0 Å². The van der Waals surface area contributed by atoms with Crippen molar-refractivity contribution in [2.75, 3.05) is 25.0 Å². The molecule has 142 valence electrons. The van der Waals surface area contributed by atoms with Crippen LogP contribution in [0.1, 0.15) is 34.6 Å². The molecule has 0 aliphatic rings. The fourth-order valence-corrected chi connectivity index (χ4v) is 2.37. The van der Waals surface area contributed by atoms with E-state index in [0.717, 1.165) is 0 Å². The minimum Gasteiger partial charge on any atom is -0.494 e. The average Bonchev–Trinajstić information content (AvgIpc) is 2.65. The van der Waals surface area contributed by atoms with Gasteiger partial charge in [0.15, 0.2) is 0 Å². The smallest absolute Gasteiger partial charge is 0.251 e. The van der Waals surface area contributed by atoms with Gasteiger partial charge in [0.05, 0.1) is 6.61 Å². The van der Waals surface area contributed by atoms with E-state index in [1.807, 2.05) is 6.92 Å². The fourth-order valence-electron chi connectivity index (χ4n) is 2.37. The average molecular weight is 369 g/mol. The minimum absolute atomic E-state index is 0.204. The van der Waals surface area contributed by atoms with Gasteiger partial charge in [0.1, 0.15) is 5.75 Å². The van der Waals surface area contributed by atoms with Crippen LogP contribution >= 0.6 is 0 Å². The Bertz CT molecular complexity index is 803. The number of carbonyl (C=O) groups is 3. The molecule has 27 heavy (non-hydrogen) atoms. The summed E-state index contributed by atoms with van der Waals surface area (Å²) >= 11 is 0. The summed E-state index contributed by atoms with van der Waals surface area (Å²) in [6.07, 6.45) is 0. The van der Waals surface area contributed by atoms with Crippen molar-refractivity contribution in [3.63, 3.8) is 0 Å². The summed E-state index contributed by atoms with van der Waals surface area (Å²) in [5, 5.41) is 8.10. The molecule has 2 aromatic rings. The molecule has 3 amide bonds. The van der Waals surface area contributed by atoms with Crippen LogP contribution in [0, 0.1) is 0 Å². The summed E-state index contributed by atoms with van der Waals surface area (Å²) in [5.74, 6) is 0.00448. The molecular weight excluding hydrogens is 346 g/mol. The van der Waals surface area contributed by atoms with Gasteiger partial charge in [-0.05, 0) is 49.4 Å². The number of benzene rings is 2. The zero-order valence-corrected chi connectivity index (χ0v) is 15.4. The molecule has 0 aromatic heterocycles. The van der Waals surface area contributed by atoms with Crippen molar-refractivity contribution in [1.82, 2.24) is 10.6 Å². The number of nitrogens with one attached hydrogen (secondary N) is 3. The number of anilines is 1.